The Bertz CT molecular complexity index is 697. The molecule has 0 bridgehead atoms. The van der Waals surface area contributed by atoms with Gasteiger partial charge in [0.2, 0.25) is 0 Å². The van der Waals surface area contributed by atoms with E-state index >= 15 is 0 Å². The lowest BCUT2D eigenvalue weighted by molar-refractivity contribution is -0.870. The molecule has 0 spiro atoms. The third-order valence-corrected chi connectivity index (χ3v) is 7.50. The lowest BCUT2D eigenvalue weighted by Gasteiger charge is -2.23. The van der Waals surface area contributed by atoms with Crippen molar-refractivity contribution in [3.63, 3.8) is 0 Å². The van der Waals surface area contributed by atoms with E-state index in [2.05, 4.69) is 40.2 Å². The molecule has 0 fully saturated rings. The van der Waals surface area contributed by atoms with Gasteiger partial charge in [-0.1, -0.05) is 89.7 Å². The van der Waals surface area contributed by atoms with Crippen molar-refractivity contribution in [1.82, 2.24) is 0 Å². The van der Waals surface area contributed by atoms with E-state index in [0.717, 1.165) is 30.3 Å². The first-order valence-electron chi connectivity index (χ1n) is 15.2. The molecule has 1 aromatic rings. The SMILES string of the molecule is CCCCCCCCCCCCCCc1ccc(OCC(COP(O)OCCCC[N+](C)(C)C)OC=O)cc1. The monoisotopic (exact) mass is 570 g/mol. The van der Waals surface area contributed by atoms with E-state index in [9.17, 15) is 9.69 Å². The van der Waals surface area contributed by atoms with Crippen LogP contribution in [0.2, 0.25) is 0 Å². The fourth-order valence-electron chi connectivity index (χ4n) is 4.33. The molecule has 8 heteroatoms. The van der Waals surface area contributed by atoms with Gasteiger partial charge in [0.25, 0.3) is 6.47 Å². The molecular weight excluding hydrogens is 513 g/mol. The second kappa shape index (κ2) is 23.5. The molecule has 1 N–H and O–H groups in total. The van der Waals surface area contributed by atoms with Crippen molar-refractivity contribution in [2.24, 2.45) is 0 Å². The first kappa shape index (κ1) is 35.8. The number of hydrogen-bond donors (Lipinski definition) is 1. The van der Waals surface area contributed by atoms with E-state index in [4.69, 9.17) is 18.5 Å². The molecule has 226 valence electrons. The number of unbranched alkanes of at least 4 members (excludes halogenated alkanes) is 12. The molecule has 0 heterocycles. The molecule has 39 heavy (non-hydrogen) atoms. The van der Waals surface area contributed by atoms with Crippen LogP contribution >= 0.6 is 8.60 Å². The first-order chi connectivity index (χ1) is 18.8. The number of benzene rings is 1. The average molecular weight is 571 g/mol. The van der Waals surface area contributed by atoms with Crippen LogP contribution in [0, 0.1) is 0 Å². The molecule has 0 radical (unpaired) electrons. The maximum Gasteiger partial charge on any atom is 0.329 e. The lowest BCUT2D eigenvalue weighted by atomic mass is 10.0. The summed E-state index contributed by atoms with van der Waals surface area (Å²) in [7, 11) is 4.43. The van der Waals surface area contributed by atoms with Gasteiger partial charge in [0.05, 0.1) is 40.9 Å². The molecule has 0 aliphatic rings. The van der Waals surface area contributed by atoms with Crippen molar-refractivity contribution < 1.29 is 32.7 Å². The second-order valence-corrected chi connectivity index (χ2v) is 12.5. The highest BCUT2D eigenvalue weighted by molar-refractivity contribution is 7.40. The Labute approximate surface area is 240 Å². The third kappa shape index (κ3) is 22.2. The van der Waals surface area contributed by atoms with Crippen molar-refractivity contribution in [3.05, 3.63) is 29.8 Å². The molecule has 1 aromatic carbocycles. The van der Waals surface area contributed by atoms with Crippen LogP contribution in [0.25, 0.3) is 0 Å². The number of ether oxygens (including phenoxy) is 2. The summed E-state index contributed by atoms with van der Waals surface area (Å²) >= 11 is 0. The number of carbonyl (C=O) groups excluding carboxylic acids is 1. The summed E-state index contributed by atoms with van der Waals surface area (Å²) < 4.78 is 22.4. The predicted molar refractivity (Wildman–Crippen MR) is 161 cm³/mol. The fraction of sp³-hybridized carbons (Fsp3) is 0.774. The van der Waals surface area contributed by atoms with Crippen molar-refractivity contribution in [2.45, 2.75) is 109 Å². The normalized spacial score (nSPS) is 13.3. The Balaban J connectivity index is 2.13. The summed E-state index contributed by atoms with van der Waals surface area (Å²) in [4.78, 5) is 20.8. The fourth-order valence-corrected chi connectivity index (χ4v) is 4.99. The summed E-state index contributed by atoms with van der Waals surface area (Å²) in [6.45, 7) is 4.28. The van der Waals surface area contributed by atoms with Crippen molar-refractivity contribution in [3.8, 4) is 5.75 Å². The van der Waals surface area contributed by atoms with Crippen LogP contribution in [-0.4, -0.2) is 69.5 Å². The smallest absolute Gasteiger partial charge is 0.329 e. The van der Waals surface area contributed by atoms with Crippen LogP contribution in [-0.2, 0) is 25.0 Å². The van der Waals surface area contributed by atoms with E-state index in [1.54, 1.807) is 0 Å². The predicted octanol–water partition coefficient (Wildman–Crippen LogP) is 7.59. The maximum absolute atomic E-state index is 10.9. The van der Waals surface area contributed by atoms with E-state index in [0.29, 0.717) is 18.8 Å². The zero-order valence-electron chi connectivity index (χ0n) is 25.3. The Kier molecular flexibility index (Phi) is 21.5. The van der Waals surface area contributed by atoms with Gasteiger partial charge in [-0.25, -0.2) is 0 Å². The first-order valence-corrected chi connectivity index (χ1v) is 16.3. The van der Waals surface area contributed by atoms with E-state index in [1.807, 2.05) is 12.1 Å². The highest BCUT2D eigenvalue weighted by Crippen LogP contribution is 2.33. The minimum absolute atomic E-state index is 0.0108. The summed E-state index contributed by atoms with van der Waals surface area (Å²) in [5, 5.41) is 0. The number of carbonyl (C=O) groups is 1. The molecule has 0 saturated carbocycles. The number of hydrogen-bond acceptors (Lipinski definition) is 6. The molecule has 0 aromatic heterocycles. The highest BCUT2D eigenvalue weighted by atomic mass is 31.2. The summed E-state index contributed by atoms with van der Waals surface area (Å²) in [6.07, 6.45) is 18.6. The zero-order chi connectivity index (χ0) is 28.6. The van der Waals surface area contributed by atoms with Gasteiger partial charge in [0, 0.05) is 0 Å². The molecule has 1 rings (SSSR count). The van der Waals surface area contributed by atoms with E-state index < -0.39 is 14.7 Å². The Morgan fingerprint density at radius 1 is 0.795 bits per heavy atom. The van der Waals surface area contributed by atoms with Crippen LogP contribution in [0.4, 0.5) is 0 Å². The Hall–Kier alpha value is -1.24. The van der Waals surface area contributed by atoms with E-state index in [-0.39, 0.29) is 13.2 Å². The molecule has 0 saturated heterocycles. The van der Waals surface area contributed by atoms with Gasteiger partial charge in [-0.05, 0) is 43.4 Å². The van der Waals surface area contributed by atoms with Crippen LogP contribution in [0.15, 0.2) is 24.3 Å². The summed E-state index contributed by atoms with van der Waals surface area (Å²) in [5.74, 6) is 0.715. The van der Waals surface area contributed by atoms with Gasteiger partial charge >= 0.3 is 8.60 Å². The minimum Gasteiger partial charge on any atom is -0.490 e. The Morgan fingerprint density at radius 3 is 1.95 bits per heavy atom. The number of quaternary nitrogens is 1. The van der Waals surface area contributed by atoms with Crippen molar-refractivity contribution in [1.29, 1.82) is 0 Å². The minimum atomic E-state index is -2.01. The lowest BCUT2D eigenvalue weighted by Crippen LogP contribution is -2.35. The molecule has 0 amide bonds. The largest absolute Gasteiger partial charge is 0.490 e. The van der Waals surface area contributed by atoms with Gasteiger partial charge in [-0.2, -0.15) is 0 Å². The summed E-state index contributed by atoms with van der Waals surface area (Å²) in [5.41, 5.74) is 1.31. The van der Waals surface area contributed by atoms with Gasteiger partial charge in [-0.15, -0.1) is 0 Å². The molecule has 0 aliphatic heterocycles. The van der Waals surface area contributed by atoms with Crippen LogP contribution in [0.3, 0.4) is 0 Å². The van der Waals surface area contributed by atoms with Gasteiger partial charge < -0.3 is 27.9 Å². The molecule has 0 aliphatic carbocycles. The maximum atomic E-state index is 10.9. The third-order valence-electron chi connectivity index (χ3n) is 6.72. The second-order valence-electron chi connectivity index (χ2n) is 11.5. The quantitative estimate of drug-likeness (QED) is 0.0508. The molecular formula is C31H57NO6P+. The average Bonchev–Trinajstić information content (AvgIpc) is 2.90. The van der Waals surface area contributed by atoms with E-state index in [1.165, 1.54) is 82.6 Å². The molecule has 7 nitrogen and oxygen atoms in total. The van der Waals surface area contributed by atoms with Gasteiger partial charge in [0.1, 0.15) is 12.4 Å². The zero-order valence-corrected chi connectivity index (χ0v) is 26.2. The molecule has 2 unspecified atom stereocenters. The van der Waals surface area contributed by atoms with Crippen molar-refractivity contribution >= 4 is 15.1 Å². The summed E-state index contributed by atoms with van der Waals surface area (Å²) in [6, 6.07) is 8.10. The van der Waals surface area contributed by atoms with Gasteiger partial charge in [0.15, 0.2) is 6.10 Å². The standard InChI is InChI=1S/C31H57NO6P/c1-5-6-7-8-9-10-11-12-13-14-15-16-19-29-20-22-30(23-21-29)35-26-31(36-28-33)27-38-39(34)37-25-18-17-24-32(2,3)4/h20-23,28,31,34H,5-19,24-27H2,1-4H3/q+1. The van der Waals surface area contributed by atoms with Crippen LogP contribution in [0.1, 0.15) is 102 Å². The highest BCUT2D eigenvalue weighted by Gasteiger charge is 2.16. The number of aryl methyl sites for hydroxylation is 1. The number of nitrogens with zero attached hydrogens (tertiary/aromatic N) is 1. The van der Waals surface area contributed by atoms with Crippen molar-refractivity contribution in [2.75, 3.05) is 47.5 Å². The number of rotatable bonds is 27. The van der Waals surface area contributed by atoms with Gasteiger partial charge in [-0.3, -0.25) is 4.79 Å². The topological polar surface area (TPSA) is 74.2 Å². The Morgan fingerprint density at radius 2 is 1.38 bits per heavy atom. The van der Waals surface area contributed by atoms with Crippen LogP contribution in [0.5, 0.6) is 5.75 Å². The van der Waals surface area contributed by atoms with Crippen LogP contribution < -0.4 is 4.74 Å². The molecule has 2 atom stereocenters.